The molecule has 2 heterocycles. The number of nitrogens with one attached hydrogen (secondary N) is 1. The highest BCUT2D eigenvalue weighted by Crippen LogP contribution is 2.17. The van der Waals surface area contributed by atoms with Crippen molar-refractivity contribution >= 4 is 23.0 Å². The quantitative estimate of drug-likeness (QED) is 0.563. The summed E-state index contributed by atoms with van der Waals surface area (Å²) in [6.07, 6.45) is -0.344. The molecule has 0 radical (unpaired) electrons. The summed E-state index contributed by atoms with van der Waals surface area (Å²) >= 11 is 0. The Morgan fingerprint density at radius 2 is 1.86 bits per heavy atom. The number of primary amides is 2. The molecule has 2 amide bonds. The monoisotopic (exact) mass is 294 g/mol. The van der Waals surface area contributed by atoms with Gasteiger partial charge in [0.25, 0.3) is 5.56 Å². The van der Waals surface area contributed by atoms with Crippen molar-refractivity contribution in [1.82, 2.24) is 19.1 Å². The van der Waals surface area contributed by atoms with Gasteiger partial charge in [0.15, 0.2) is 5.65 Å². The molecule has 0 spiro atoms. The number of carbonyl (C=O) groups excluding carboxylic acids is 2. The van der Waals surface area contributed by atoms with E-state index in [2.05, 4.69) is 9.97 Å². The number of imidazole rings is 1. The second-order valence-electron chi connectivity index (χ2n) is 4.65. The standard InChI is InChI=1S/C11H14N6O4/c1-16-9-6(10(20)17(2)11(16)21)14-8(15-9)4(7(13)19)3-5(12)18/h4H,3H2,1-2H3,(H2,12,18)(H2,13,19)(H,14,15). The van der Waals surface area contributed by atoms with Crippen LogP contribution in [-0.2, 0) is 23.7 Å². The van der Waals surface area contributed by atoms with Crippen LogP contribution in [0.3, 0.4) is 0 Å². The Morgan fingerprint density at radius 3 is 2.38 bits per heavy atom. The van der Waals surface area contributed by atoms with E-state index in [4.69, 9.17) is 11.5 Å². The van der Waals surface area contributed by atoms with Gasteiger partial charge in [0.1, 0.15) is 17.3 Å². The number of H-pyrrole nitrogens is 1. The van der Waals surface area contributed by atoms with Crippen LogP contribution in [0.2, 0.25) is 0 Å². The maximum absolute atomic E-state index is 12.0. The zero-order valence-electron chi connectivity index (χ0n) is 11.4. The summed E-state index contributed by atoms with van der Waals surface area (Å²) in [7, 11) is 2.75. The Bertz CT molecular complexity index is 858. The molecule has 0 aromatic carbocycles. The molecule has 10 nitrogen and oxygen atoms in total. The van der Waals surface area contributed by atoms with Gasteiger partial charge >= 0.3 is 5.69 Å². The van der Waals surface area contributed by atoms with Gasteiger partial charge in [-0.2, -0.15) is 0 Å². The average molecular weight is 294 g/mol. The molecule has 112 valence electrons. The number of fused-ring (bicyclic) bond motifs is 1. The highest BCUT2D eigenvalue weighted by atomic mass is 16.2. The second kappa shape index (κ2) is 4.89. The lowest BCUT2D eigenvalue weighted by atomic mass is 10.0. The summed E-state index contributed by atoms with van der Waals surface area (Å²) in [5.41, 5.74) is 9.25. The Kier molecular flexibility index (Phi) is 3.37. The zero-order valence-corrected chi connectivity index (χ0v) is 11.4. The SMILES string of the molecule is Cn1c(=O)c2[nH]c(C(CC(N)=O)C(N)=O)nc2n(C)c1=O. The smallest absolute Gasteiger partial charge is 0.332 e. The van der Waals surface area contributed by atoms with E-state index in [1.165, 1.54) is 14.1 Å². The molecule has 0 saturated heterocycles. The molecule has 2 rings (SSSR count). The van der Waals surface area contributed by atoms with Gasteiger partial charge in [0, 0.05) is 20.5 Å². The van der Waals surface area contributed by atoms with E-state index >= 15 is 0 Å². The van der Waals surface area contributed by atoms with Crippen LogP contribution >= 0.6 is 0 Å². The van der Waals surface area contributed by atoms with Crippen molar-refractivity contribution in [3.8, 4) is 0 Å². The number of amides is 2. The largest absolute Gasteiger partial charge is 0.370 e. The number of aromatic amines is 1. The van der Waals surface area contributed by atoms with E-state index in [9.17, 15) is 19.2 Å². The summed E-state index contributed by atoms with van der Waals surface area (Å²) in [5, 5.41) is 0. The van der Waals surface area contributed by atoms with E-state index in [0.717, 1.165) is 9.13 Å². The van der Waals surface area contributed by atoms with Gasteiger partial charge in [0.05, 0.1) is 0 Å². The van der Waals surface area contributed by atoms with Gasteiger partial charge < -0.3 is 16.5 Å². The fourth-order valence-corrected chi connectivity index (χ4v) is 2.04. The van der Waals surface area contributed by atoms with E-state index in [0.29, 0.717) is 0 Å². The predicted molar refractivity (Wildman–Crippen MR) is 72.3 cm³/mol. The van der Waals surface area contributed by atoms with Crippen molar-refractivity contribution < 1.29 is 9.59 Å². The molecule has 0 aliphatic carbocycles. The minimum absolute atomic E-state index is 0.0228. The average Bonchev–Trinajstić information content (AvgIpc) is 2.84. The zero-order chi connectivity index (χ0) is 15.9. The van der Waals surface area contributed by atoms with E-state index in [1.807, 2.05) is 0 Å². The van der Waals surface area contributed by atoms with Gasteiger partial charge in [-0.15, -0.1) is 0 Å². The molecule has 5 N–H and O–H groups in total. The Morgan fingerprint density at radius 1 is 1.24 bits per heavy atom. The normalized spacial score (nSPS) is 12.5. The van der Waals surface area contributed by atoms with E-state index in [1.54, 1.807) is 0 Å². The number of carbonyl (C=O) groups is 2. The molecule has 0 fully saturated rings. The number of aryl methyl sites for hydroxylation is 1. The maximum atomic E-state index is 12.0. The van der Waals surface area contributed by atoms with Crippen molar-refractivity contribution in [3.05, 3.63) is 26.7 Å². The fraction of sp³-hybridized carbons (Fsp3) is 0.364. The van der Waals surface area contributed by atoms with Crippen LogP contribution in [0.25, 0.3) is 11.2 Å². The molecule has 2 aromatic rings. The lowest BCUT2D eigenvalue weighted by Crippen LogP contribution is -2.36. The molecular weight excluding hydrogens is 280 g/mol. The van der Waals surface area contributed by atoms with Crippen LogP contribution < -0.4 is 22.7 Å². The van der Waals surface area contributed by atoms with Crippen molar-refractivity contribution in [2.24, 2.45) is 25.6 Å². The topological polar surface area (TPSA) is 159 Å². The minimum Gasteiger partial charge on any atom is -0.370 e. The molecule has 0 bridgehead atoms. The van der Waals surface area contributed by atoms with Crippen LogP contribution in [0.4, 0.5) is 0 Å². The first-order valence-corrected chi connectivity index (χ1v) is 5.97. The molecular formula is C11H14N6O4. The molecule has 0 saturated carbocycles. The molecule has 1 atom stereocenters. The lowest BCUT2D eigenvalue weighted by Gasteiger charge is -2.07. The number of nitrogens with zero attached hydrogens (tertiary/aromatic N) is 3. The van der Waals surface area contributed by atoms with Crippen LogP contribution in [0, 0.1) is 0 Å². The summed E-state index contributed by atoms with van der Waals surface area (Å²) in [5.74, 6) is -2.61. The lowest BCUT2D eigenvalue weighted by molar-refractivity contribution is -0.124. The number of nitrogens with two attached hydrogens (primary N) is 2. The summed E-state index contributed by atoms with van der Waals surface area (Å²) < 4.78 is 2.05. The predicted octanol–water partition coefficient (Wildman–Crippen LogP) is -2.60. The third-order valence-electron chi connectivity index (χ3n) is 3.19. The van der Waals surface area contributed by atoms with Crippen LogP contribution in [0.15, 0.2) is 9.59 Å². The molecule has 21 heavy (non-hydrogen) atoms. The summed E-state index contributed by atoms with van der Waals surface area (Å²) in [4.78, 5) is 52.9. The van der Waals surface area contributed by atoms with Gasteiger partial charge in [-0.25, -0.2) is 9.78 Å². The molecule has 10 heteroatoms. The third kappa shape index (κ3) is 2.30. The van der Waals surface area contributed by atoms with E-state index < -0.39 is 29.0 Å². The van der Waals surface area contributed by atoms with Crippen LogP contribution in [0.1, 0.15) is 18.2 Å². The van der Waals surface area contributed by atoms with Gasteiger partial charge in [-0.05, 0) is 0 Å². The highest BCUT2D eigenvalue weighted by Gasteiger charge is 2.25. The molecule has 2 aromatic heterocycles. The van der Waals surface area contributed by atoms with Crippen LogP contribution in [-0.4, -0.2) is 30.9 Å². The van der Waals surface area contributed by atoms with Gasteiger partial charge in [-0.1, -0.05) is 0 Å². The van der Waals surface area contributed by atoms with Crippen molar-refractivity contribution in [2.75, 3.05) is 0 Å². The van der Waals surface area contributed by atoms with Crippen molar-refractivity contribution in [2.45, 2.75) is 12.3 Å². The fourth-order valence-electron chi connectivity index (χ4n) is 2.04. The molecule has 1 unspecified atom stereocenters. The third-order valence-corrected chi connectivity index (χ3v) is 3.19. The number of aromatic nitrogens is 4. The second-order valence-corrected chi connectivity index (χ2v) is 4.65. The summed E-state index contributed by atoms with van der Waals surface area (Å²) in [6.45, 7) is 0. The Balaban J connectivity index is 2.73. The first-order valence-electron chi connectivity index (χ1n) is 5.97. The molecule has 0 aliphatic rings. The molecule has 0 aliphatic heterocycles. The first kappa shape index (κ1) is 14.5. The van der Waals surface area contributed by atoms with Crippen molar-refractivity contribution in [1.29, 1.82) is 0 Å². The number of hydrogen-bond donors (Lipinski definition) is 3. The van der Waals surface area contributed by atoms with Gasteiger partial charge in [-0.3, -0.25) is 23.5 Å². The Labute approximate surface area is 117 Å². The van der Waals surface area contributed by atoms with Crippen molar-refractivity contribution in [3.63, 3.8) is 0 Å². The highest BCUT2D eigenvalue weighted by molar-refractivity contribution is 5.88. The number of rotatable bonds is 4. The Hall–Kier alpha value is -2.91. The minimum atomic E-state index is -1.09. The van der Waals surface area contributed by atoms with Gasteiger partial charge in [0.2, 0.25) is 11.8 Å². The maximum Gasteiger partial charge on any atom is 0.332 e. The first-order chi connectivity index (χ1) is 9.73. The van der Waals surface area contributed by atoms with Crippen LogP contribution in [0.5, 0.6) is 0 Å². The summed E-state index contributed by atoms with van der Waals surface area (Å²) in [6, 6.07) is 0. The number of hydrogen-bond acceptors (Lipinski definition) is 5. The van der Waals surface area contributed by atoms with E-state index in [-0.39, 0.29) is 23.4 Å².